The first kappa shape index (κ1) is 16.0. The van der Waals surface area contributed by atoms with Crippen molar-refractivity contribution in [1.82, 2.24) is 4.72 Å². The number of carbonyl (C=O) groups is 1. The van der Waals surface area contributed by atoms with Crippen molar-refractivity contribution in [1.29, 1.82) is 0 Å². The van der Waals surface area contributed by atoms with E-state index in [9.17, 15) is 13.2 Å². The number of carboxylic acid groups (broad SMARTS) is 1. The summed E-state index contributed by atoms with van der Waals surface area (Å²) in [7, 11) is -3.88. The number of benzene rings is 1. The van der Waals surface area contributed by atoms with Gasteiger partial charge in [0.2, 0.25) is 10.0 Å². The summed E-state index contributed by atoms with van der Waals surface area (Å²) in [5, 5.41) is 8.97. The number of hydrogen-bond donors (Lipinski definition) is 2. The van der Waals surface area contributed by atoms with Gasteiger partial charge >= 0.3 is 5.97 Å². The number of halogens is 2. The Hall–Kier alpha value is -1.35. The van der Waals surface area contributed by atoms with E-state index in [-0.39, 0.29) is 26.5 Å². The van der Waals surface area contributed by atoms with E-state index in [1.54, 1.807) is 6.07 Å². The van der Waals surface area contributed by atoms with Gasteiger partial charge in [-0.1, -0.05) is 11.6 Å². The van der Waals surface area contributed by atoms with Crippen molar-refractivity contribution in [2.45, 2.75) is 11.4 Å². The van der Waals surface area contributed by atoms with Crippen molar-refractivity contribution in [3.8, 4) is 0 Å². The predicted molar refractivity (Wildman–Crippen MR) is 78.8 cm³/mol. The maximum absolute atomic E-state index is 12.2. The Morgan fingerprint density at radius 3 is 2.71 bits per heavy atom. The molecule has 2 rings (SSSR count). The number of nitrogens with one attached hydrogen (secondary N) is 1. The zero-order valence-corrected chi connectivity index (χ0v) is 13.5. The molecule has 0 bridgehead atoms. The highest BCUT2D eigenvalue weighted by atomic mass is 79.9. The summed E-state index contributed by atoms with van der Waals surface area (Å²) in [6.07, 6.45) is 2.83. The van der Waals surface area contributed by atoms with Crippen LogP contribution in [0.5, 0.6) is 0 Å². The first-order valence-corrected chi connectivity index (χ1v) is 8.20. The van der Waals surface area contributed by atoms with Crippen LogP contribution in [0.3, 0.4) is 0 Å². The highest BCUT2D eigenvalue weighted by Crippen LogP contribution is 2.30. The summed E-state index contributed by atoms with van der Waals surface area (Å²) in [6, 6.07) is 3.86. The fourth-order valence-corrected chi connectivity index (χ4v) is 3.40. The van der Waals surface area contributed by atoms with Crippen molar-refractivity contribution < 1.29 is 22.7 Å². The SMILES string of the molecule is O=C(O)c1cc(S(=O)(=O)NCc2ccoc2)cc(Br)c1Cl. The first-order chi connectivity index (χ1) is 9.81. The zero-order valence-electron chi connectivity index (χ0n) is 10.3. The Morgan fingerprint density at radius 1 is 1.43 bits per heavy atom. The quantitative estimate of drug-likeness (QED) is 0.813. The fraction of sp³-hybridized carbons (Fsp3) is 0.0833. The molecule has 0 fully saturated rings. The first-order valence-electron chi connectivity index (χ1n) is 5.54. The molecule has 6 nitrogen and oxygen atoms in total. The molecule has 0 saturated carbocycles. The van der Waals surface area contributed by atoms with E-state index in [1.165, 1.54) is 18.6 Å². The molecule has 0 radical (unpaired) electrons. The monoisotopic (exact) mass is 393 g/mol. The smallest absolute Gasteiger partial charge is 0.337 e. The summed E-state index contributed by atoms with van der Waals surface area (Å²) in [5.74, 6) is -1.31. The molecule has 1 heterocycles. The lowest BCUT2D eigenvalue weighted by Crippen LogP contribution is -2.23. The Bertz CT molecular complexity index is 773. The molecule has 9 heteroatoms. The second-order valence-corrected chi connectivity index (χ2v) is 7.03. The Kier molecular flexibility index (Phi) is 4.72. The molecule has 21 heavy (non-hydrogen) atoms. The minimum atomic E-state index is -3.88. The third-order valence-corrected chi connectivity index (χ3v) is 5.23. The summed E-state index contributed by atoms with van der Waals surface area (Å²) >= 11 is 8.86. The van der Waals surface area contributed by atoms with Gasteiger partial charge in [-0.2, -0.15) is 0 Å². The fourth-order valence-electron chi connectivity index (χ4n) is 1.53. The zero-order chi connectivity index (χ0) is 15.6. The average molecular weight is 395 g/mol. The van der Waals surface area contributed by atoms with Crippen molar-refractivity contribution in [3.05, 3.63) is 51.3 Å². The summed E-state index contributed by atoms with van der Waals surface area (Å²) in [6.45, 7) is 0.0292. The van der Waals surface area contributed by atoms with E-state index in [1.807, 2.05) is 0 Å². The standard InChI is InChI=1S/C12H9BrClNO5S/c13-10-4-8(3-9(11(10)14)12(16)17)21(18,19)15-5-7-1-2-20-6-7/h1-4,6,15H,5H2,(H,16,17). The van der Waals surface area contributed by atoms with Gasteiger partial charge in [-0.3, -0.25) is 0 Å². The van der Waals surface area contributed by atoms with Crippen LogP contribution >= 0.6 is 27.5 Å². The van der Waals surface area contributed by atoms with E-state index in [0.717, 1.165) is 6.07 Å². The van der Waals surface area contributed by atoms with Gasteiger partial charge in [-0.15, -0.1) is 0 Å². The molecule has 112 valence electrons. The largest absolute Gasteiger partial charge is 0.478 e. The number of hydrogen-bond acceptors (Lipinski definition) is 4. The average Bonchev–Trinajstić information content (AvgIpc) is 2.92. The van der Waals surface area contributed by atoms with Crippen LogP contribution in [-0.4, -0.2) is 19.5 Å². The lowest BCUT2D eigenvalue weighted by atomic mass is 10.2. The number of sulfonamides is 1. The van der Waals surface area contributed by atoms with Crippen LogP contribution in [0.4, 0.5) is 0 Å². The van der Waals surface area contributed by atoms with Crippen LogP contribution in [0, 0.1) is 0 Å². The minimum absolute atomic E-state index is 0.0292. The number of rotatable bonds is 5. The number of carboxylic acids is 1. The Labute approximate surface area is 133 Å². The van der Waals surface area contributed by atoms with Gasteiger partial charge in [-0.25, -0.2) is 17.9 Å². The second-order valence-electron chi connectivity index (χ2n) is 4.03. The van der Waals surface area contributed by atoms with Crippen molar-refractivity contribution in [2.24, 2.45) is 0 Å². The van der Waals surface area contributed by atoms with E-state index < -0.39 is 16.0 Å². The summed E-state index contributed by atoms with van der Waals surface area (Å²) in [5.41, 5.74) is 0.347. The van der Waals surface area contributed by atoms with Crippen molar-refractivity contribution in [3.63, 3.8) is 0 Å². The Balaban J connectivity index is 2.33. The molecule has 0 unspecified atom stereocenters. The van der Waals surface area contributed by atoms with Crippen molar-refractivity contribution >= 4 is 43.5 Å². The second kappa shape index (κ2) is 6.18. The maximum Gasteiger partial charge on any atom is 0.337 e. The minimum Gasteiger partial charge on any atom is -0.478 e. The topological polar surface area (TPSA) is 96.6 Å². The molecule has 0 aliphatic heterocycles. The predicted octanol–water partition coefficient (Wildman–Crippen LogP) is 2.87. The molecule has 0 spiro atoms. The third kappa shape index (κ3) is 3.65. The molecular weight excluding hydrogens is 386 g/mol. The van der Waals surface area contributed by atoms with Crippen LogP contribution in [0.1, 0.15) is 15.9 Å². The van der Waals surface area contributed by atoms with Gasteiger partial charge in [0.05, 0.1) is 28.0 Å². The molecule has 0 amide bonds. The molecule has 1 aromatic heterocycles. The van der Waals surface area contributed by atoms with Gasteiger partial charge in [0.1, 0.15) is 0 Å². The Morgan fingerprint density at radius 2 is 2.14 bits per heavy atom. The van der Waals surface area contributed by atoms with E-state index in [0.29, 0.717) is 5.56 Å². The summed E-state index contributed by atoms with van der Waals surface area (Å²) < 4.78 is 31.7. The molecule has 0 atom stereocenters. The highest BCUT2D eigenvalue weighted by molar-refractivity contribution is 9.10. The van der Waals surface area contributed by atoms with E-state index >= 15 is 0 Å². The summed E-state index contributed by atoms with van der Waals surface area (Å²) in [4.78, 5) is 10.9. The highest BCUT2D eigenvalue weighted by Gasteiger charge is 2.20. The van der Waals surface area contributed by atoms with Crippen LogP contribution in [0.15, 0.2) is 44.5 Å². The van der Waals surface area contributed by atoms with Gasteiger partial charge in [-0.05, 0) is 34.1 Å². The van der Waals surface area contributed by atoms with Gasteiger partial charge in [0.25, 0.3) is 0 Å². The van der Waals surface area contributed by atoms with E-state index in [2.05, 4.69) is 20.7 Å². The van der Waals surface area contributed by atoms with Crippen LogP contribution in [0.25, 0.3) is 0 Å². The number of furan rings is 1. The van der Waals surface area contributed by atoms with E-state index in [4.69, 9.17) is 21.1 Å². The molecule has 0 saturated heterocycles. The maximum atomic E-state index is 12.2. The van der Waals surface area contributed by atoms with Crippen LogP contribution < -0.4 is 4.72 Å². The van der Waals surface area contributed by atoms with Crippen molar-refractivity contribution in [2.75, 3.05) is 0 Å². The lowest BCUT2D eigenvalue weighted by Gasteiger charge is -2.09. The third-order valence-electron chi connectivity index (χ3n) is 2.59. The van der Waals surface area contributed by atoms with Gasteiger partial charge < -0.3 is 9.52 Å². The molecular formula is C12H9BrClNO5S. The van der Waals surface area contributed by atoms with Crippen LogP contribution in [0.2, 0.25) is 5.02 Å². The number of aromatic carboxylic acids is 1. The molecule has 1 aromatic carbocycles. The van der Waals surface area contributed by atoms with Gasteiger partial charge in [0.15, 0.2) is 0 Å². The molecule has 2 N–H and O–H groups in total. The molecule has 0 aliphatic carbocycles. The van der Waals surface area contributed by atoms with Crippen LogP contribution in [-0.2, 0) is 16.6 Å². The van der Waals surface area contributed by atoms with Gasteiger partial charge in [0, 0.05) is 16.6 Å². The normalized spacial score (nSPS) is 11.5. The lowest BCUT2D eigenvalue weighted by molar-refractivity contribution is 0.0696. The molecule has 0 aliphatic rings. The molecule has 2 aromatic rings.